The van der Waals surface area contributed by atoms with Crippen LogP contribution in [0.1, 0.15) is 44.9 Å². The summed E-state index contributed by atoms with van der Waals surface area (Å²) >= 11 is 0. The maximum Gasteiger partial charge on any atom is 0.411 e. The molecule has 0 fully saturated rings. The zero-order valence-corrected chi connectivity index (χ0v) is 13.2. The van der Waals surface area contributed by atoms with Crippen LogP contribution in [0.3, 0.4) is 0 Å². The third kappa shape index (κ3) is 4.77. The Labute approximate surface area is 125 Å². The van der Waals surface area contributed by atoms with Crippen molar-refractivity contribution in [1.82, 2.24) is 4.90 Å². The van der Waals surface area contributed by atoms with Crippen molar-refractivity contribution in [1.29, 1.82) is 0 Å². The van der Waals surface area contributed by atoms with Crippen LogP contribution in [0, 0.1) is 0 Å². The van der Waals surface area contributed by atoms with Crippen molar-refractivity contribution >= 4 is 12.1 Å². The lowest BCUT2D eigenvalue weighted by Crippen LogP contribution is -2.39. The van der Waals surface area contributed by atoms with Crippen LogP contribution in [-0.2, 0) is 16.0 Å². The minimum Gasteiger partial charge on any atom is -0.479 e. The first-order chi connectivity index (χ1) is 9.65. The van der Waals surface area contributed by atoms with E-state index in [1.165, 1.54) is 7.05 Å². The third-order valence-electron chi connectivity index (χ3n) is 3.01. The number of likely N-dealkylation sites (N-methyl/N-ethyl adjacent to an activating group) is 1. The van der Waals surface area contributed by atoms with E-state index in [1.807, 2.05) is 19.1 Å². The van der Waals surface area contributed by atoms with Gasteiger partial charge in [0, 0.05) is 7.05 Å². The Balaban J connectivity index is 3.00. The fourth-order valence-corrected chi connectivity index (χ4v) is 1.91. The zero-order valence-electron chi connectivity index (χ0n) is 13.2. The summed E-state index contributed by atoms with van der Waals surface area (Å²) in [6.07, 6.45) is 0.217. The summed E-state index contributed by atoms with van der Waals surface area (Å²) in [4.78, 5) is 24.7. The first-order valence-electron chi connectivity index (χ1n) is 6.93. The van der Waals surface area contributed by atoms with Crippen LogP contribution in [0.25, 0.3) is 0 Å². The quantitative estimate of drug-likeness (QED) is 0.925. The summed E-state index contributed by atoms with van der Waals surface area (Å²) in [6.45, 7) is 7.25. The molecule has 0 aromatic heterocycles. The summed E-state index contributed by atoms with van der Waals surface area (Å²) < 4.78 is 5.22. The topological polar surface area (TPSA) is 66.8 Å². The largest absolute Gasteiger partial charge is 0.479 e. The third-order valence-corrected chi connectivity index (χ3v) is 3.01. The molecule has 0 saturated carbocycles. The summed E-state index contributed by atoms with van der Waals surface area (Å²) in [7, 11) is 1.43. The second kappa shape index (κ2) is 6.61. The van der Waals surface area contributed by atoms with Crippen LogP contribution in [0.15, 0.2) is 24.3 Å². The Bertz CT molecular complexity index is 502. The number of nitrogens with zero attached hydrogens (tertiary/aromatic N) is 1. The molecule has 0 heterocycles. The molecule has 0 radical (unpaired) electrons. The van der Waals surface area contributed by atoms with Crippen LogP contribution in [0.2, 0.25) is 0 Å². The molecule has 5 heteroatoms. The molecule has 0 spiro atoms. The van der Waals surface area contributed by atoms with Crippen LogP contribution in [0.4, 0.5) is 4.79 Å². The number of benzene rings is 1. The van der Waals surface area contributed by atoms with Gasteiger partial charge in [-0.2, -0.15) is 0 Å². The smallest absolute Gasteiger partial charge is 0.411 e. The summed E-state index contributed by atoms with van der Waals surface area (Å²) in [5.74, 6) is -1.09. The van der Waals surface area contributed by atoms with E-state index < -0.39 is 23.7 Å². The average molecular weight is 293 g/mol. The first kappa shape index (κ1) is 17.0. The molecule has 0 saturated heterocycles. The minimum atomic E-state index is -1.09. The van der Waals surface area contributed by atoms with Crippen molar-refractivity contribution in [2.75, 3.05) is 7.05 Å². The van der Waals surface area contributed by atoms with Gasteiger partial charge in [0.15, 0.2) is 6.04 Å². The Morgan fingerprint density at radius 3 is 2.14 bits per heavy atom. The molecule has 0 aliphatic heterocycles. The second-order valence-corrected chi connectivity index (χ2v) is 5.93. The van der Waals surface area contributed by atoms with E-state index in [9.17, 15) is 14.7 Å². The van der Waals surface area contributed by atoms with Gasteiger partial charge < -0.3 is 9.84 Å². The molecule has 1 amide bonds. The van der Waals surface area contributed by atoms with Crippen LogP contribution in [-0.4, -0.2) is 34.7 Å². The highest BCUT2D eigenvalue weighted by molar-refractivity contribution is 5.81. The molecule has 0 aliphatic rings. The molecule has 5 nitrogen and oxygen atoms in total. The molecule has 0 bridgehead atoms. The van der Waals surface area contributed by atoms with E-state index >= 15 is 0 Å². The van der Waals surface area contributed by atoms with Crippen molar-refractivity contribution < 1.29 is 19.4 Å². The Kier molecular flexibility index (Phi) is 5.35. The number of carboxylic acids is 1. The van der Waals surface area contributed by atoms with E-state index in [4.69, 9.17) is 4.74 Å². The SMILES string of the molecule is CCc1ccc(C(C(=O)O)N(C)C(=O)OC(C)(C)C)cc1. The van der Waals surface area contributed by atoms with Crippen molar-refractivity contribution in [2.45, 2.75) is 45.8 Å². The Hall–Kier alpha value is -2.04. The normalized spacial score (nSPS) is 12.6. The highest BCUT2D eigenvalue weighted by Gasteiger charge is 2.31. The summed E-state index contributed by atoms with van der Waals surface area (Å²) in [5, 5.41) is 9.42. The predicted octanol–water partition coefficient (Wildman–Crippen LogP) is 3.24. The molecule has 0 aliphatic carbocycles. The number of carbonyl (C=O) groups excluding carboxylic acids is 1. The Morgan fingerprint density at radius 1 is 1.24 bits per heavy atom. The van der Waals surface area contributed by atoms with E-state index in [1.54, 1.807) is 32.9 Å². The Morgan fingerprint density at radius 2 is 1.76 bits per heavy atom. The highest BCUT2D eigenvalue weighted by Crippen LogP contribution is 2.22. The van der Waals surface area contributed by atoms with E-state index in [0.29, 0.717) is 5.56 Å². The van der Waals surface area contributed by atoms with Crippen molar-refractivity contribution in [3.05, 3.63) is 35.4 Å². The van der Waals surface area contributed by atoms with Gasteiger partial charge in [0.2, 0.25) is 0 Å². The number of rotatable bonds is 4. The average Bonchev–Trinajstić information content (AvgIpc) is 2.37. The number of hydrogen-bond donors (Lipinski definition) is 1. The number of carbonyl (C=O) groups is 2. The maximum atomic E-state index is 12.0. The molecule has 1 N–H and O–H groups in total. The molecule has 1 aromatic rings. The fraction of sp³-hybridized carbons (Fsp3) is 0.500. The van der Waals surface area contributed by atoms with Gasteiger partial charge in [-0.1, -0.05) is 31.2 Å². The molecule has 1 rings (SSSR count). The van der Waals surface area contributed by atoms with E-state index in [0.717, 1.165) is 16.9 Å². The zero-order chi connectivity index (χ0) is 16.2. The van der Waals surface area contributed by atoms with Gasteiger partial charge in [0.1, 0.15) is 5.60 Å². The van der Waals surface area contributed by atoms with Crippen molar-refractivity contribution in [3.8, 4) is 0 Å². The second-order valence-electron chi connectivity index (χ2n) is 5.93. The first-order valence-corrected chi connectivity index (χ1v) is 6.93. The van der Waals surface area contributed by atoms with Crippen LogP contribution < -0.4 is 0 Å². The van der Waals surface area contributed by atoms with Gasteiger partial charge >= 0.3 is 12.1 Å². The van der Waals surface area contributed by atoms with E-state index in [-0.39, 0.29) is 0 Å². The number of carboxylic acid groups (broad SMARTS) is 1. The van der Waals surface area contributed by atoms with Gasteiger partial charge in [-0.15, -0.1) is 0 Å². The molecule has 1 unspecified atom stereocenters. The number of aliphatic carboxylic acids is 1. The fourth-order valence-electron chi connectivity index (χ4n) is 1.91. The molecule has 1 atom stereocenters. The lowest BCUT2D eigenvalue weighted by Gasteiger charge is -2.28. The molecule has 116 valence electrons. The molecule has 21 heavy (non-hydrogen) atoms. The lowest BCUT2D eigenvalue weighted by atomic mass is 10.0. The number of hydrogen-bond acceptors (Lipinski definition) is 3. The number of ether oxygens (including phenoxy) is 1. The predicted molar refractivity (Wildman–Crippen MR) is 80.2 cm³/mol. The van der Waals surface area contributed by atoms with E-state index in [2.05, 4.69) is 0 Å². The van der Waals surface area contributed by atoms with Crippen molar-refractivity contribution in [3.63, 3.8) is 0 Å². The lowest BCUT2D eigenvalue weighted by molar-refractivity contribution is -0.142. The summed E-state index contributed by atoms with van der Waals surface area (Å²) in [6, 6.07) is 6.14. The van der Waals surface area contributed by atoms with Gasteiger partial charge in [0.05, 0.1) is 0 Å². The van der Waals surface area contributed by atoms with Crippen LogP contribution >= 0.6 is 0 Å². The van der Waals surface area contributed by atoms with Gasteiger partial charge in [-0.3, -0.25) is 4.90 Å². The standard InChI is InChI=1S/C16H23NO4/c1-6-11-7-9-12(10-8-11)13(14(18)19)17(5)15(20)21-16(2,3)4/h7-10,13H,6H2,1-5H3,(H,18,19). The van der Waals surface area contributed by atoms with Gasteiger partial charge in [-0.25, -0.2) is 9.59 Å². The summed E-state index contributed by atoms with van der Waals surface area (Å²) in [5.41, 5.74) is 0.997. The number of amides is 1. The van der Waals surface area contributed by atoms with Crippen LogP contribution in [0.5, 0.6) is 0 Å². The highest BCUT2D eigenvalue weighted by atomic mass is 16.6. The molecular formula is C16H23NO4. The van der Waals surface area contributed by atoms with Gasteiger partial charge in [0.25, 0.3) is 0 Å². The number of aryl methyl sites for hydroxylation is 1. The van der Waals surface area contributed by atoms with Gasteiger partial charge in [-0.05, 0) is 38.3 Å². The monoisotopic (exact) mass is 293 g/mol. The minimum absolute atomic E-state index is 0.549. The molecule has 1 aromatic carbocycles. The molecular weight excluding hydrogens is 270 g/mol. The van der Waals surface area contributed by atoms with Crippen molar-refractivity contribution in [2.24, 2.45) is 0 Å². The maximum absolute atomic E-state index is 12.0.